The molecule has 0 unspecified atom stereocenters. The van der Waals surface area contributed by atoms with E-state index in [4.69, 9.17) is 0 Å². The average Bonchev–Trinajstić information content (AvgIpc) is 2.99. The first-order chi connectivity index (χ1) is 15.9. The molecule has 2 aliphatic carbocycles. The number of hydrogen-bond acceptors (Lipinski definition) is 0. The molecule has 1 fully saturated rings. The lowest BCUT2D eigenvalue weighted by molar-refractivity contribution is 0.421. The lowest BCUT2D eigenvalue weighted by Gasteiger charge is -2.31. The zero-order valence-corrected chi connectivity index (χ0v) is 20.2. The second-order valence-corrected chi connectivity index (χ2v) is 10.6. The molecule has 2 aliphatic rings. The molecular formula is C33H32. The molecule has 0 atom stereocenters. The summed E-state index contributed by atoms with van der Waals surface area (Å²) in [6.07, 6.45) is 3.95. The van der Waals surface area contributed by atoms with E-state index >= 15 is 0 Å². The van der Waals surface area contributed by atoms with Gasteiger partial charge in [-0.15, -0.1) is 0 Å². The first-order valence-corrected chi connectivity index (χ1v) is 12.4. The van der Waals surface area contributed by atoms with Crippen LogP contribution in [-0.4, -0.2) is 0 Å². The van der Waals surface area contributed by atoms with Crippen LogP contribution in [0.1, 0.15) is 66.8 Å². The maximum Gasteiger partial charge on any atom is 0.0159 e. The Balaban J connectivity index is 1.55. The minimum Gasteiger partial charge on any atom is -0.0620 e. The largest absolute Gasteiger partial charge is 0.0620 e. The number of rotatable bonds is 3. The fourth-order valence-electron chi connectivity index (χ4n) is 6.08. The molecule has 0 N–H and O–H groups in total. The van der Waals surface area contributed by atoms with Crippen LogP contribution in [0.4, 0.5) is 0 Å². The second-order valence-electron chi connectivity index (χ2n) is 10.6. The van der Waals surface area contributed by atoms with Crippen molar-refractivity contribution in [3.05, 3.63) is 107 Å². The minimum absolute atomic E-state index is 0.0248. The average molecular weight is 429 g/mol. The molecule has 6 rings (SSSR count). The van der Waals surface area contributed by atoms with Gasteiger partial charge in [0.2, 0.25) is 0 Å². The molecule has 4 aromatic carbocycles. The third-order valence-electron chi connectivity index (χ3n) is 8.20. The van der Waals surface area contributed by atoms with Crippen molar-refractivity contribution in [2.24, 2.45) is 0 Å². The third-order valence-corrected chi connectivity index (χ3v) is 8.20. The highest BCUT2D eigenvalue weighted by Gasteiger charge is 2.36. The van der Waals surface area contributed by atoms with Crippen LogP contribution in [0.2, 0.25) is 0 Å². The first kappa shape index (κ1) is 20.5. The quantitative estimate of drug-likeness (QED) is 0.305. The van der Waals surface area contributed by atoms with Gasteiger partial charge in [-0.1, -0.05) is 98.6 Å². The molecule has 33 heavy (non-hydrogen) atoms. The van der Waals surface area contributed by atoms with E-state index in [1.165, 1.54) is 74.9 Å². The first-order valence-electron chi connectivity index (χ1n) is 12.4. The zero-order valence-electron chi connectivity index (χ0n) is 20.2. The van der Waals surface area contributed by atoms with E-state index in [0.717, 1.165) is 0 Å². The highest BCUT2D eigenvalue weighted by Crippen LogP contribution is 2.51. The number of fused-ring (bicyclic) bond motifs is 3. The Hall–Kier alpha value is -3.12. The van der Waals surface area contributed by atoms with Crippen LogP contribution in [0.3, 0.4) is 0 Å². The van der Waals surface area contributed by atoms with Crippen molar-refractivity contribution in [3.63, 3.8) is 0 Å². The summed E-state index contributed by atoms with van der Waals surface area (Å²) in [6, 6.07) is 30.0. The highest BCUT2D eigenvalue weighted by molar-refractivity contribution is 5.86. The van der Waals surface area contributed by atoms with Gasteiger partial charge in [-0.05, 0) is 94.3 Å². The van der Waals surface area contributed by atoms with Crippen molar-refractivity contribution in [3.8, 4) is 33.4 Å². The molecule has 0 heterocycles. The molecule has 0 radical (unpaired) electrons. The van der Waals surface area contributed by atoms with Gasteiger partial charge in [0.25, 0.3) is 0 Å². The summed E-state index contributed by atoms with van der Waals surface area (Å²) in [5, 5.41) is 0. The molecule has 0 aliphatic heterocycles. The van der Waals surface area contributed by atoms with Crippen LogP contribution >= 0.6 is 0 Å². The van der Waals surface area contributed by atoms with Crippen molar-refractivity contribution in [1.29, 1.82) is 0 Å². The van der Waals surface area contributed by atoms with Gasteiger partial charge in [-0.3, -0.25) is 0 Å². The van der Waals surface area contributed by atoms with Gasteiger partial charge in [0.15, 0.2) is 0 Å². The molecule has 164 valence electrons. The summed E-state index contributed by atoms with van der Waals surface area (Å²) in [7, 11) is 0. The van der Waals surface area contributed by atoms with Gasteiger partial charge in [-0.25, -0.2) is 0 Å². The van der Waals surface area contributed by atoms with Crippen LogP contribution in [0.15, 0.2) is 78.9 Å². The molecule has 0 spiro atoms. The topological polar surface area (TPSA) is 0 Å². The van der Waals surface area contributed by atoms with Crippen molar-refractivity contribution in [2.45, 2.75) is 58.3 Å². The van der Waals surface area contributed by atoms with Gasteiger partial charge in [0, 0.05) is 5.41 Å². The van der Waals surface area contributed by atoms with Gasteiger partial charge >= 0.3 is 0 Å². The number of benzene rings is 4. The van der Waals surface area contributed by atoms with Gasteiger partial charge in [0.1, 0.15) is 0 Å². The second kappa shape index (κ2) is 7.45. The highest BCUT2D eigenvalue weighted by atomic mass is 14.4. The lowest BCUT2D eigenvalue weighted by Crippen LogP contribution is -2.15. The van der Waals surface area contributed by atoms with Crippen molar-refractivity contribution in [1.82, 2.24) is 0 Å². The van der Waals surface area contributed by atoms with Crippen LogP contribution in [0, 0.1) is 13.8 Å². The summed E-state index contributed by atoms with van der Waals surface area (Å²) in [6.45, 7) is 9.21. The van der Waals surface area contributed by atoms with Crippen LogP contribution < -0.4 is 0 Å². The van der Waals surface area contributed by atoms with Gasteiger partial charge in [-0.2, -0.15) is 0 Å². The molecule has 0 amide bonds. The SMILES string of the molecule is Cc1ccc2c(c1)C(C)(C)c1cc(-c3cccc(-c4ccccc4C)c3C3CCC3)ccc1-2. The van der Waals surface area contributed by atoms with Crippen LogP contribution in [0.25, 0.3) is 33.4 Å². The fraction of sp³-hybridized carbons (Fsp3) is 0.273. The number of aryl methyl sites for hydroxylation is 2. The third kappa shape index (κ3) is 3.11. The summed E-state index contributed by atoms with van der Waals surface area (Å²) in [5.74, 6) is 0.664. The Bertz CT molecular complexity index is 1380. The Kier molecular flexibility index (Phi) is 4.63. The van der Waals surface area contributed by atoms with E-state index in [1.54, 1.807) is 5.56 Å². The Morgan fingerprint density at radius 2 is 1.30 bits per heavy atom. The normalized spacial score (nSPS) is 16.2. The molecule has 0 saturated heterocycles. The summed E-state index contributed by atoms with van der Waals surface area (Å²) < 4.78 is 0. The van der Waals surface area contributed by atoms with Gasteiger partial charge in [0.05, 0.1) is 0 Å². The van der Waals surface area contributed by atoms with Crippen LogP contribution in [0.5, 0.6) is 0 Å². The molecular weight excluding hydrogens is 396 g/mol. The Morgan fingerprint density at radius 1 is 0.636 bits per heavy atom. The van der Waals surface area contributed by atoms with Crippen molar-refractivity contribution >= 4 is 0 Å². The maximum absolute atomic E-state index is 2.49. The van der Waals surface area contributed by atoms with E-state index in [-0.39, 0.29) is 5.41 Å². The lowest BCUT2D eigenvalue weighted by atomic mass is 9.73. The minimum atomic E-state index is 0.0248. The van der Waals surface area contributed by atoms with E-state index in [2.05, 4.69) is 107 Å². The van der Waals surface area contributed by atoms with E-state index in [9.17, 15) is 0 Å². The van der Waals surface area contributed by atoms with Gasteiger partial charge < -0.3 is 0 Å². The monoisotopic (exact) mass is 428 g/mol. The predicted octanol–water partition coefficient (Wildman–Crippen LogP) is 9.21. The standard InChI is InChI=1S/C33H32/c1-21-15-17-27-28-18-16-24(20-31(28)33(3,4)30(27)19-21)26-13-8-14-29(32(26)23-10-7-11-23)25-12-6-5-9-22(25)2/h5-6,8-9,12-20,23H,7,10-11H2,1-4H3. The van der Waals surface area contributed by atoms with Crippen LogP contribution in [-0.2, 0) is 5.41 Å². The number of hydrogen-bond donors (Lipinski definition) is 0. The molecule has 4 aromatic rings. The van der Waals surface area contributed by atoms with E-state index in [1.807, 2.05) is 0 Å². The maximum atomic E-state index is 2.49. The summed E-state index contributed by atoms with van der Waals surface area (Å²) in [5.41, 5.74) is 15.6. The Morgan fingerprint density at radius 3 is 2.03 bits per heavy atom. The summed E-state index contributed by atoms with van der Waals surface area (Å²) >= 11 is 0. The predicted molar refractivity (Wildman–Crippen MR) is 141 cm³/mol. The Labute approximate surface area is 198 Å². The smallest absolute Gasteiger partial charge is 0.0159 e. The summed E-state index contributed by atoms with van der Waals surface area (Å²) in [4.78, 5) is 0. The van der Waals surface area contributed by atoms with E-state index < -0.39 is 0 Å². The molecule has 1 saturated carbocycles. The zero-order chi connectivity index (χ0) is 22.7. The fourth-order valence-corrected chi connectivity index (χ4v) is 6.08. The molecule has 0 bridgehead atoms. The molecule has 0 nitrogen and oxygen atoms in total. The molecule has 0 aromatic heterocycles. The van der Waals surface area contributed by atoms with Crippen molar-refractivity contribution < 1.29 is 0 Å². The molecule has 0 heteroatoms. The van der Waals surface area contributed by atoms with E-state index in [0.29, 0.717) is 5.92 Å². The van der Waals surface area contributed by atoms with Crippen molar-refractivity contribution in [2.75, 3.05) is 0 Å².